The summed E-state index contributed by atoms with van der Waals surface area (Å²) in [5, 5.41) is 7.24. The SMILES string of the molecule is CCCc1nc([C@H](NC(=O)N2CCC[C@@H](C)CC2)c2ccccc2)no1. The van der Waals surface area contributed by atoms with Crippen LogP contribution in [0.2, 0.25) is 0 Å². The molecule has 1 aliphatic rings. The predicted octanol–water partition coefficient (Wildman–Crippen LogP) is 3.94. The smallest absolute Gasteiger partial charge is 0.318 e. The summed E-state index contributed by atoms with van der Waals surface area (Å²) in [6.45, 7) is 5.91. The topological polar surface area (TPSA) is 71.3 Å². The molecule has 0 bridgehead atoms. The van der Waals surface area contributed by atoms with Gasteiger partial charge in [0.15, 0.2) is 5.82 Å². The number of aryl methyl sites for hydroxylation is 1. The highest BCUT2D eigenvalue weighted by molar-refractivity contribution is 5.75. The van der Waals surface area contributed by atoms with Gasteiger partial charge in [-0.1, -0.05) is 49.3 Å². The van der Waals surface area contributed by atoms with Gasteiger partial charge in [0.1, 0.15) is 6.04 Å². The number of carbonyl (C=O) groups is 1. The van der Waals surface area contributed by atoms with Crippen LogP contribution >= 0.6 is 0 Å². The average Bonchev–Trinajstić information content (AvgIpc) is 3.00. The van der Waals surface area contributed by atoms with Crippen LogP contribution < -0.4 is 5.32 Å². The van der Waals surface area contributed by atoms with Crippen LogP contribution in [0.1, 0.15) is 62.9 Å². The molecule has 0 radical (unpaired) electrons. The number of nitrogens with one attached hydrogen (secondary N) is 1. The Balaban J connectivity index is 1.78. The van der Waals surface area contributed by atoms with E-state index < -0.39 is 6.04 Å². The van der Waals surface area contributed by atoms with Crippen LogP contribution in [0.3, 0.4) is 0 Å². The lowest BCUT2D eigenvalue weighted by molar-refractivity contribution is 0.196. The van der Waals surface area contributed by atoms with Crippen molar-refractivity contribution in [2.24, 2.45) is 5.92 Å². The summed E-state index contributed by atoms with van der Waals surface area (Å²) in [6, 6.07) is 9.35. The monoisotopic (exact) mass is 356 g/mol. The first-order valence-electron chi connectivity index (χ1n) is 9.60. The second kappa shape index (κ2) is 8.83. The van der Waals surface area contributed by atoms with Crippen LogP contribution in [0.15, 0.2) is 34.9 Å². The van der Waals surface area contributed by atoms with Crippen molar-refractivity contribution >= 4 is 6.03 Å². The number of aromatic nitrogens is 2. The number of amides is 2. The van der Waals surface area contributed by atoms with Gasteiger partial charge >= 0.3 is 6.03 Å². The van der Waals surface area contributed by atoms with E-state index in [1.54, 1.807) is 0 Å². The van der Waals surface area contributed by atoms with E-state index >= 15 is 0 Å². The fourth-order valence-corrected chi connectivity index (χ4v) is 3.32. The maximum atomic E-state index is 12.9. The molecule has 0 aliphatic carbocycles. The molecule has 1 saturated heterocycles. The van der Waals surface area contributed by atoms with Crippen LogP contribution in [0, 0.1) is 5.92 Å². The number of urea groups is 1. The third-order valence-corrected chi connectivity index (χ3v) is 4.91. The first kappa shape index (κ1) is 18.4. The predicted molar refractivity (Wildman–Crippen MR) is 99.7 cm³/mol. The third-order valence-electron chi connectivity index (χ3n) is 4.91. The molecule has 1 aromatic heterocycles. The van der Waals surface area contributed by atoms with Crippen LogP contribution in [-0.2, 0) is 6.42 Å². The van der Waals surface area contributed by atoms with Crippen molar-refractivity contribution in [1.82, 2.24) is 20.4 Å². The molecule has 1 N–H and O–H groups in total. The number of hydrogen-bond acceptors (Lipinski definition) is 4. The Morgan fingerprint density at radius 1 is 1.31 bits per heavy atom. The summed E-state index contributed by atoms with van der Waals surface area (Å²) in [6.07, 6.45) is 4.96. The van der Waals surface area contributed by atoms with Crippen molar-refractivity contribution in [2.45, 2.75) is 52.0 Å². The van der Waals surface area contributed by atoms with E-state index in [1.165, 1.54) is 6.42 Å². The fraction of sp³-hybridized carbons (Fsp3) is 0.550. The van der Waals surface area contributed by atoms with Crippen LogP contribution in [0.4, 0.5) is 4.79 Å². The highest BCUT2D eigenvalue weighted by Gasteiger charge is 2.26. The van der Waals surface area contributed by atoms with E-state index in [1.807, 2.05) is 35.2 Å². The van der Waals surface area contributed by atoms with E-state index in [4.69, 9.17) is 4.52 Å². The van der Waals surface area contributed by atoms with Crippen LogP contribution in [-0.4, -0.2) is 34.2 Å². The zero-order valence-electron chi connectivity index (χ0n) is 15.6. The number of rotatable bonds is 5. The lowest BCUT2D eigenvalue weighted by Gasteiger charge is -2.24. The van der Waals surface area contributed by atoms with Crippen molar-refractivity contribution in [3.63, 3.8) is 0 Å². The number of hydrogen-bond donors (Lipinski definition) is 1. The zero-order chi connectivity index (χ0) is 18.4. The maximum Gasteiger partial charge on any atom is 0.318 e. The Kier molecular flexibility index (Phi) is 6.26. The Morgan fingerprint density at radius 2 is 2.12 bits per heavy atom. The quantitative estimate of drug-likeness (QED) is 0.881. The molecule has 2 atom stereocenters. The van der Waals surface area contributed by atoms with Gasteiger partial charge in [-0.25, -0.2) is 4.79 Å². The van der Waals surface area contributed by atoms with Gasteiger partial charge in [0.25, 0.3) is 0 Å². The van der Waals surface area contributed by atoms with E-state index in [-0.39, 0.29) is 6.03 Å². The van der Waals surface area contributed by atoms with E-state index in [0.717, 1.165) is 44.3 Å². The molecule has 2 amide bonds. The molecule has 2 heterocycles. The van der Waals surface area contributed by atoms with Crippen molar-refractivity contribution < 1.29 is 9.32 Å². The molecule has 0 unspecified atom stereocenters. The molecule has 6 heteroatoms. The Hall–Kier alpha value is -2.37. The Labute approximate surface area is 155 Å². The van der Waals surface area contributed by atoms with E-state index in [2.05, 4.69) is 29.3 Å². The van der Waals surface area contributed by atoms with Gasteiger partial charge in [0, 0.05) is 19.5 Å². The molecule has 6 nitrogen and oxygen atoms in total. The molecule has 140 valence electrons. The molecular formula is C20H28N4O2. The summed E-state index contributed by atoms with van der Waals surface area (Å²) in [7, 11) is 0. The van der Waals surface area contributed by atoms with Crippen molar-refractivity contribution in [3.05, 3.63) is 47.6 Å². The molecule has 0 spiro atoms. The van der Waals surface area contributed by atoms with Crippen molar-refractivity contribution in [2.75, 3.05) is 13.1 Å². The second-order valence-electron chi connectivity index (χ2n) is 7.11. The van der Waals surface area contributed by atoms with Gasteiger partial charge in [-0.3, -0.25) is 0 Å². The summed E-state index contributed by atoms with van der Waals surface area (Å²) in [4.78, 5) is 19.3. The first-order chi connectivity index (χ1) is 12.7. The molecule has 3 rings (SSSR count). The van der Waals surface area contributed by atoms with Crippen molar-refractivity contribution in [3.8, 4) is 0 Å². The number of benzene rings is 1. The first-order valence-corrected chi connectivity index (χ1v) is 9.60. The maximum absolute atomic E-state index is 12.9. The van der Waals surface area contributed by atoms with Crippen molar-refractivity contribution in [1.29, 1.82) is 0 Å². The molecular weight excluding hydrogens is 328 g/mol. The molecule has 1 aliphatic heterocycles. The van der Waals surface area contributed by atoms with E-state index in [0.29, 0.717) is 17.6 Å². The largest absolute Gasteiger partial charge is 0.339 e. The number of nitrogens with zero attached hydrogens (tertiary/aromatic N) is 3. The van der Waals surface area contributed by atoms with Crippen LogP contribution in [0.5, 0.6) is 0 Å². The minimum atomic E-state index is -0.404. The minimum Gasteiger partial charge on any atom is -0.339 e. The Morgan fingerprint density at radius 3 is 2.88 bits per heavy atom. The minimum absolute atomic E-state index is 0.0604. The molecule has 1 fully saturated rings. The van der Waals surface area contributed by atoms with Gasteiger partial charge in [0.2, 0.25) is 5.89 Å². The average molecular weight is 356 g/mol. The Bertz CT molecular complexity index is 701. The summed E-state index contributed by atoms with van der Waals surface area (Å²) in [5.41, 5.74) is 0.952. The highest BCUT2D eigenvalue weighted by Crippen LogP contribution is 2.22. The molecule has 2 aromatic rings. The van der Waals surface area contributed by atoms with Gasteiger partial charge in [-0.2, -0.15) is 4.98 Å². The number of carbonyl (C=O) groups excluding carboxylic acids is 1. The number of likely N-dealkylation sites (tertiary alicyclic amines) is 1. The van der Waals surface area contributed by atoms with Gasteiger partial charge in [-0.05, 0) is 37.2 Å². The standard InChI is InChI=1S/C20H28N4O2/c1-3-8-17-21-19(23-26-17)18(16-10-5-4-6-11-16)22-20(25)24-13-7-9-15(2)12-14-24/h4-6,10-11,15,18H,3,7-9,12-14H2,1-2H3,(H,22,25)/t15-,18-/m1/s1. The van der Waals surface area contributed by atoms with Gasteiger partial charge in [0.05, 0.1) is 0 Å². The summed E-state index contributed by atoms with van der Waals surface area (Å²) >= 11 is 0. The second-order valence-corrected chi connectivity index (χ2v) is 7.11. The molecule has 1 aromatic carbocycles. The lowest BCUT2D eigenvalue weighted by Crippen LogP contribution is -2.42. The lowest BCUT2D eigenvalue weighted by atomic mass is 10.0. The summed E-state index contributed by atoms with van der Waals surface area (Å²) in [5.74, 6) is 1.80. The molecule has 0 saturated carbocycles. The van der Waals surface area contributed by atoms with Gasteiger partial charge in [-0.15, -0.1) is 0 Å². The normalized spacial score (nSPS) is 19.0. The fourth-order valence-electron chi connectivity index (χ4n) is 3.32. The zero-order valence-corrected chi connectivity index (χ0v) is 15.6. The molecule has 26 heavy (non-hydrogen) atoms. The highest BCUT2D eigenvalue weighted by atomic mass is 16.5. The van der Waals surface area contributed by atoms with Crippen LogP contribution in [0.25, 0.3) is 0 Å². The van der Waals surface area contributed by atoms with Gasteiger partial charge < -0.3 is 14.7 Å². The van der Waals surface area contributed by atoms with E-state index in [9.17, 15) is 4.79 Å². The summed E-state index contributed by atoms with van der Waals surface area (Å²) < 4.78 is 5.34. The third kappa shape index (κ3) is 4.62.